The minimum atomic E-state index is 1.15. The molecular weight excluding hydrogens is 350 g/mol. The van der Waals surface area contributed by atoms with Gasteiger partial charge >= 0.3 is 0 Å². The maximum absolute atomic E-state index is 3.85. The Bertz CT molecular complexity index is 504. The second-order valence-corrected chi connectivity index (χ2v) is 9.36. The Morgan fingerprint density at radius 3 is 1.55 bits per heavy atom. The first-order valence-corrected chi connectivity index (χ1v) is 12.7. The normalized spacial score (nSPS) is 13.3. The number of hydrogen-bond acceptors (Lipinski definition) is 0. The first-order chi connectivity index (χ1) is 14.1. The zero-order chi connectivity index (χ0) is 21.2. The topological polar surface area (TPSA) is 0 Å². The van der Waals surface area contributed by atoms with Gasteiger partial charge in [-0.05, 0) is 25.3 Å². The van der Waals surface area contributed by atoms with Crippen LogP contribution in [0.3, 0.4) is 0 Å². The van der Waals surface area contributed by atoms with Gasteiger partial charge in [0.05, 0.1) is 20.1 Å². The highest BCUT2D eigenvalue weighted by atomic mass is 15.3. The van der Waals surface area contributed by atoms with Crippen molar-refractivity contribution in [1.29, 1.82) is 0 Å². The van der Waals surface area contributed by atoms with Crippen molar-refractivity contribution in [3.63, 3.8) is 0 Å². The summed E-state index contributed by atoms with van der Waals surface area (Å²) in [6.45, 7) is 12.1. The third-order valence-electron chi connectivity index (χ3n) is 6.59. The molecular formula is C28H50N+. The molecule has 0 aliphatic carbocycles. The van der Waals surface area contributed by atoms with Crippen LogP contribution in [0.1, 0.15) is 115 Å². The lowest BCUT2D eigenvalue weighted by atomic mass is 10.0. The van der Waals surface area contributed by atoms with E-state index in [2.05, 4.69) is 51.7 Å². The molecule has 29 heavy (non-hydrogen) atoms. The maximum atomic E-state index is 3.85. The van der Waals surface area contributed by atoms with Gasteiger partial charge in [-0.2, -0.15) is 0 Å². The van der Waals surface area contributed by atoms with Crippen molar-refractivity contribution in [2.45, 2.75) is 110 Å². The van der Waals surface area contributed by atoms with Gasteiger partial charge in [-0.1, -0.05) is 121 Å². The van der Waals surface area contributed by atoms with Crippen molar-refractivity contribution in [3.05, 3.63) is 42.0 Å². The quantitative estimate of drug-likeness (QED) is 0.161. The Labute approximate surface area is 183 Å². The summed E-state index contributed by atoms with van der Waals surface area (Å²) in [6.07, 6.45) is 22.0. The fourth-order valence-electron chi connectivity index (χ4n) is 4.24. The van der Waals surface area contributed by atoms with E-state index in [1.165, 1.54) is 114 Å². The highest BCUT2D eigenvalue weighted by molar-refractivity contribution is 5.47. The molecule has 0 spiro atoms. The Balaban J connectivity index is 2.02. The number of quaternary nitrogens is 1. The van der Waals surface area contributed by atoms with E-state index in [0.717, 1.165) is 11.0 Å². The lowest BCUT2D eigenvalue weighted by molar-refractivity contribution is -0.921. The molecule has 0 amide bonds. The summed E-state index contributed by atoms with van der Waals surface area (Å²) in [5.41, 5.74) is 2.66. The van der Waals surface area contributed by atoms with Crippen LogP contribution in [0.4, 0.5) is 0 Å². The van der Waals surface area contributed by atoms with Crippen LogP contribution in [0.5, 0.6) is 0 Å². The van der Waals surface area contributed by atoms with E-state index >= 15 is 0 Å². The average molecular weight is 401 g/mol. The van der Waals surface area contributed by atoms with E-state index in [9.17, 15) is 0 Å². The molecule has 0 aliphatic heterocycles. The van der Waals surface area contributed by atoms with Gasteiger partial charge < -0.3 is 4.48 Å². The molecule has 1 unspecified atom stereocenters. The molecule has 0 N–H and O–H groups in total. The van der Waals surface area contributed by atoms with Gasteiger partial charge in [-0.3, -0.25) is 0 Å². The van der Waals surface area contributed by atoms with Gasteiger partial charge in [0.25, 0.3) is 0 Å². The van der Waals surface area contributed by atoms with Crippen molar-refractivity contribution in [3.8, 4) is 0 Å². The average Bonchev–Trinajstić information content (AvgIpc) is 2.74. The third-order valence-corrected chi connectivity index (χ3v) is 6.59. The highest BCUT2D eigenvalue weighted by Crippen LogP contribution is 2.17. The second kappa shape index (κ2) is 16.7. The molecule has 1 rings (SSSR count). The van der Waals surface area contributed by atoms with Crippen molar-refractivity contribution < 1.29 is 4.48 Å². The van der Waals surface area contributed by atoms with Crippen molar-refractivity contribution in [2.24, 2.45) is 0 Å². The first-order valence-electron chi connectivity index (χ1n) is 12.7. The summed E-state index contributed by atoms with van der Waals surface area (Å²) in [7, 11) is 2.42. The molecule has 0 heterocycles. The molecule has 0 saturated carbocycles. The highest BCUT2D eigenvalue weighted by Gasteiger charge is 2.19. The van der Waals surface area contributed by atoms with E-state index in [1.807, 2.05) is 6.08 Å². The second-order valence-electron chi connectivity index (χ2n) is 9.36. The molecule has 0 saturated heterocycles. The van der Waals surface area contributed by atoms with E-state index in [0.29, 0.717) is 0 Å². The van der Waals surface area contributed by atoms with Crippen molar-refractivity contribution >= 4 is 6.08 Å². The van der Waals surface area contributed by atoms with Crippen LogP contribution in [-0.4, -0.2) is 24.6 Å². The molecule has 1 atom stereocenters. The predicted molar refractivity (Wildman–Crippen MR) is 132 cm³/mol. The summed E-state index contributed by atoms with van der Waals surface area (Å²) in [6, 6.07) is 8.92. The van der Waals surface area contributed by atoms with Crippen LogP contribution in [-0.2, 0) is 6.54 Å². The first kappa shape index (κ1) is 26.0. The molecule has 0 fully saturated rings. The summed E-state index contributed by atoms with van der Waals surface area (Å²) in [5, 5.41) is 0. The van der Waals surface area contributed by atoms with Gasteiger partial charge in [0.15, 0.2) is 0 Å². The largest absolute Gasteiger partial charge is 0.323 e. The Morgan fingerprint density at radius 2 is 1.14 bits per heavy atom. The summed E-state index contributed by atoms with van der Waals surface area (Å²) in [5.74, 6) is 0. The number of hydrogen-bond donors (Lipinski definition) is 0. The summed E-state index contributed by atoms with van der Waals surface area (Å²) >= 11 is 0. The smallest absolute Gasteiger partial charge is 0.104 e. The molecule has 1 aromatic rings. The zero-order valence-electron chi connectivity index (χ0n) is 20.1. The lowest BCUT2D eigenvalue weighted by Gasteiger charge is -2.33. The van der Waals surface area contributed by atoms with Crippen molar-refractivity contribution in [1.82, 2.24) is 0 Å². The van der Waals surface area contributed by atoms with Crippen LogP contribution < -0.4 is 0 Å². The minimum absolute atomic E-state index is 1.15. The summed E-state index contributed by atoms with van der Waals surface area (Å²) < 4.78 is 1.16. The molecule has 0 bridgehead atoms. The van der Waals surface area contributed by atoms with E-state index in [-0.39, 0.29) is 0 Å². The predicted octanol–water partition coefficient (Wildman–Crippen LogP) is 8.78. The molecule has 1 nitrogen and oxygen atoms in total. The van der Waals surface area contributed by atoms with Gasteiger partial charge in [-0.15, -0.1) is 0 Å². The lowest BCUT2D eigenvalue weighted by Crippen LogP contribution is -2.43. The van der Waals surface area contributed by atoms with Gasteiger partial charge in [0.2, 0.25) is 0 Å². The van der Waals surface area contributed by atoms with E-state index in [1.54, 1.807) is 0 Å². The van der Waals surface area contributed by atoms with Crippen LogP contribution in [0.2, 0.25) is 0 Å². The number of benzene rings is 1. The molecule has 0 aromatic heterocycles. The van der Waals surface area contributed by atoms with E-state index < -0.39 is 0 Å². The Morgan fingerprint density at radius 1 is 0.690 bits per heavy atom. The molecule has 166 valence electrons. The Kier molecular flexibility index (Phi) is 14.9. The zero-order valence-corrected chi connectivity index (χ0v) is 20.1. The Hall–Kier alpha value is -1.08. The minimum Gasteiger partial charge on any atom is -0.323 e. The van der Waals surface area contributed by atoms with Crippen molar-refractivity contribution in [2.75, 3.05) is 20.1 Å². The summed E-state index contributed by atoms with van der Waals surface area (Å²) in [4.78, 5) is 0. The van der Waals surface area contributed by atoms with Gasteiger partial charge in [0.1, 0.15) is 6.54 Å². The number of unbranched alkanes of at least 4 members (excludes halogenated alkanes) is 13. The van der Waals surface area contributed by atoms with Crippen LogP contribution >= 0.6 is 0 Å². The SMILES string of the molecule is C=Cc1ccc(C[N+](C)(CC)CCCCCCCCCCCCCCCC)cc1. The van der Waals surface area contributed by atoms with Crippen LogP contribution in [0.25, 0.3) is 6.08 Å². The molecule has 1 heteroatoms. The van der Waals surface area contributed by atoms with Crippen LogP contribution in [0.15, 0.2) is 30.8 Å². The van der Waals surface area contributed by atoms with E-state index in [4.69, 9.17) is 0 Å². The van der Waals surface area contributed by atoms with Gasteiger partial charge in [-0.25, -0.2) is 0 Å². The fraction of sp³-hybridized carbons (Fsp3) is 0.714. The fourth-order valence-corrected chi connectivity index (χ4v) is 4.24. The molecule has 0 aliphatic rings. The number of rotatable bonds is 19. The monoisotopic (exact) mass is 400 g/mol. The standard InChI is InChI=1S/C28H50N/c1-5-8-9-10-11-12-13-14-15-16-17-18-19-20-25-29(4,7-3)26-28-23-21-27(6-2)22-24-28/h6,21-24H,2,5,7-20,25-26H2,1,3-4H3/q+1. The maximum Gasteiger partial charge on any atom is 0.104 e. The number of nitrogens with zero attached hydrogens (tertiary/aromatic N) is 1. The third kappa shape index (κ3) is 13.0. The molecule has 0 radical (unpaired) electrons. The molecule has 1 aromatic carbocycles. The van der Waals surface area contributed by atoms with Gasteiger partial charge in [0, 0.05) is 5.56 Å². The van der Waals surface area contributed by atoms with Crippen LogP contribution in [0, 0.1) is 0 Å².